The summed E-state index contributed by atoms with van der Waals surface area (Å²) in [6, 6.07) is 46.4. The Balaban J connectivity index is 0.000000221. The number of carbonyl (C=O) groups is 1. The van der Waals surface area contributed by atoms with Crippen molar-refractivity contribution < 1.29 is 38.8 Å². The number of hydrogen-bond acceptors (Lipinski definition) is 18. The third kappa shape index (κ3) is 16.0. The average Bonchev–Trinajstić information content (AvgIpc) is 0.911. The number of likely N-dealkylation sites (tertiary alicyclic amines) is 2. The molecule has 8 aromatic rings. The van der Waals surface area contributed by atoms with Gasteiger partial charge in [-0.25, -0.2) is 4.79 Å². The van der Waals surface area contributed by atoms with Crippen molar-refractivity contribution in [1.82, 2.24) is 34.6 Å². The lowest BCUT2D eigenvalue weighted by Gasteiger charge is -2.47. The summed E-state index contributed by atoms with van der Waals surface area (Å²) in [5, 5.41) is 37.8. The molecule has 6 aliphatic heterocycles. The molecule has 6 aliphatic rings. The molecule has 22 heteroatoms. The average molecular weight is 1410 g/mol. The molecule has 0 bridgehead atoms. The van der Waals surface area contributed by atoms with Gasteiger partial charge in [0, 0.05) is 96.8 Å². The molecule has 0 spiro atoms. The van der Waals surface area contributed by atoms with E-state index in [0.29, 0.717) is 89.6 Å². The highest BCUT2D eigenvalue weighted by Crippen LogP contribution is 2.42. The molecule has 0 aliphatic carbocycles. The van der Waals surface area contributed by atoms with Gasteiger partial charge < -0.3 is 68.3 Å². The van der Waals surface area contributed by atoms with E-state index in [1.165, 1.54) is 16.8 Å². The molecule has 4 saturated heterocycles. The van der Waals surface area contributed by atoms with Crippen LogP contribution in [0, 0.1) is 0 Å². The fourth-order valence-electron chi connectivity index (χ4n) is 15.8. The number of aromatic hydroxyl groups is 2. The molecule has 2 aromatic heterocycles. The van der Waals surface area contributed by atoms with Crippen molar-refractivity contribution in [3.05, 3.63) is 156 Å². The zero-order chi connectivity index (χ0) is 68.3. The molecular formula is C78H103N11O8S2Si. The molecule has 100 heavy (non-hydrogen) atoms. The van der Waals surface area contributed by atoms with Gasteiger partial charge in [0.15, 0.2) is 0 Å². The van der Waals surface area contributed by atoms with Gasteiger partial charge in [0.2, 0.25) is 0 Å². The predicted octanol–water partition coefficient (Wildman–Crippen LogP) is 11.3. The maximum absolute atomic E-state index is 13.8. The van der Waals surface area contributed by atoms with Crippen LogP contribution in [0.1, 0.15) is 109 Å². The van der Waals surface area contributed by atoms with Crippen molar-refractivity contribution in [3.8, 4) is 23.5 Å². The van der Waals surface area contributed by atoms with Crippen LogP contribution in [0.25, 0.3) is 21.5 Å². The second kappa shape index (κ2) is 31.8. The Labute approximate surface area is 605 Å². The minimum Gasteiger partial charge on any atom is -0.508 e. The summed E-state index contributed by atoms with van der Waals surface area (Å²) < 4.78 is 26.4. The van der Waals surface area contributed by atoms with Crippen LogP contribution < -0.4 is 39.4 Å². The molecule has 2 unspecified atom stereocenters. The number of piperazine rings is 1. The Morgan fingerprint density at radius 3 is 1.46 bits per heavy atom. The predicted molar refractivity (Wildman–Crippen MR) is 412 cm³/mol. The van der Waals surface area contributed by atoms with Crippen molar-refractivity contribution in [3.63, 3.8) is 0 Å². The van der Waals surface area contributed by atoms with Gasteiger partial charge in [0.05, 0.1) is 49.8 Å². The van der Waals surface area contributed by atoms with Gasteiger partial charge in [-0.3, -0.25) is 0 Å². The molecule has 1 amide bonds. The van der Waals surface area contributed by atoms with Crippen molar-refractivity contribution >= 4 is 96.3 Å². The zero-order valence-electron chi connectivity index (χ0n) is 59.6. The molecule has 4 fully saturated rings. The lowest BCUT2D eigenvalue weighted by Crippen LogP contribution is -2.68. The Hall–Kier alpha value is -7.57. The van der Waals surface area contributed by atoms with Crippen LogP contribution in [-0.4, -0.2) is 187 Å². The maximum atomic E-state index is 13.8. The third-order valence-electron chi connectivity index (χ3n) is 21.0. The number of aliphatic hydroxyl groups is 1. The van der Waals surface area contributed by atoms with Gasteiger partial charge in [-0.05, 0) is 144 Å². The highest BCUT2D eigenvalue weighted by atomic mass is 32.1. The second-order valence-electron chi connectivity index (χ2n) is 29.7. The number of rotatable bonds is 16. The van der Waals surface area contributed by atoms with Crippen molar-refractivity contribution in [2.75, 3.05) is 112 Å². The number of aliphatic hydroxyl groups excluding tert-OH is 1. The molecule has 3 N–H and O–H groups in total. The first kappa shape index (κ1) is 73.6. The third-order valence-corrected chi connectivity index (χ3v) is 26.0. The quantitative estimate of drug-likeness (QED) is 0.0774. The summed E-state index contributed by atoms with van der Waals surface area (Å²) in [7, 11) is 1.35. The van der Waals surface area contributed by atoms with Crippen LogP contribution in [-0.2, 0) is 35.1 Å². The van der Waals surface area contributed by atoms with Gasteiger partial charge in [-0.2, -0.15) is 46.9 Å². The number of benzene rings is 6. The molecule has 0 radical (unpaired) electrons. The Bertz CT molecular complexity index is 4060. The van der Waals surface area contributed by atoms with E-state index in [-0.39, 0.29) is 68.3 Å². The zero-order valence-corrected chi connectivity index (χ0v) is 62.6. The van der Waals surface area contributed by atoms with Crippen molar-refractivity contribution in [2.24, 2.45) is 0 Å². The lowest BCUT2D eigenvalue weighted by molar-refractivity contribution is 0.0198. The van der Waals surface area contributed by atoms with Crippen LogP contribution in [0.2, 0.25) is 5.04 Å². The number of likely N-dealkylation sites (N-methyl/N-ethyl adjacent to an activating group) is 2. The first-order valence-corrected chi connectivity index (χ1v) is 37.5. The van der Waals surface area contributed by atoms with Gasteiger partial charge >= 0.3 is 18.1 Å². The first-order chi connectivity index (χ1) is 47.3. The fraction of sp³-hybridized carbons (Fsp3) is 0.474. The van der Waals surface area contributed by atoms with E-state index in [4.69, 9.17) is 38.6 Å². The lowest BCUT2D eigenvalue weighted by atomic mass is 9.98. The number of phenols is 2. The number of aromatic nitrogens is 4. The van der Waals surface area contributed by atoms with Gasteiger partial charge in [-0.1, -0.05) is 130 Å². The highest BCUT2D eigenvalue weighted by Gasteiger charge is 2.51. The van der Waals surface area contributed by atoms with E-state index in [2.05, 4.69) is 137 Å². The molecular weight excluding hydrogens is 1310 g/mol. The number of anilines is 4. The summed E-state index contributed by atoms with van der Waals surface area (Å²) in [4.78, 5) is 49.9. The minimum atomic E-state index is -2.95. The molecule has 14 rings (SSSR count). The maximum Gasteiger partial charge on any atom is 0.410 e. The molecule has 0 saturated carbocycles. The highest BCUT2D eigenvalue weighted by molar-refractivity contribution is 7.59. The molecule has 19 nitrogen and oxygen atoms in total. The molecule has 6 aromatic carbocycles. The molecule has 4 atom stereocenters. The van der Waals surface area contributed by atoms with E-state index in [0.717, 1.165) is 138 Å². The smallest absolute Gasteiger partial charge is 0.410 e. The Kier molecular flexibility index (Phi) is 23.4. The minimum absolute atomic E-state index is 0. The van der Waals surface area contributed by atoms with Gasteiger partial charge in [0.1, 0.15) is 41.9 Å². The summed E-state index contributed by atoms with van der Waals surface area (Å²) in [5.74, 6) is 2.27. The van der Waals surface area contributed by atoms with Gasteiger partial charge in [0.25, 0.3) is 8.32 Å². The number of ether oxygens (including phenoxy) is 3. The van der Waals surface area contributed by atoms with Crippen LogP contribution in [0.3, 0.4) is 0 Å². The number of hydrogen-bond donors (Lipinski definition) is 3. The SMILES string of the molecule is CN1CCC[C@H]1COc1nc2c(c(N3CCCCC3CO)n1)CCN(c1cc(O)cc3ccccc13)C2.CN1CCC[C@H]1COc1nc2c(c(N3CCN(C(=O)OC(C)(C)C)CC3CO[Si](c3ccccc3)(c3ccccc3)C(C)(C)C)n1)CCN(c1cc(O)cc3ccccc13)C2.S.S. The Morgan fingerprint density at radius 2 is 1.00 bits per heavy atom. The van der Waals surface area contributed by atoms with Gasteiger partial charge in [-0.15, -0.1) is 0 Å². The Morgan fingerprint density at radius 1 is 0.530 bits per heavy atom. The van der Waals surface area contributed by atoms with E-state index >= 15 is 0 Å². The number of fused-ring (bicyclic) bond motifs is 4. The topological polar surface area (TPSA) is 189 Å². The van der Waals surface area contributed by atoms with E-state index in [1.54, 1.807) is 0 Å². The fourth-order valence-corrected chi connectivity index (χ4v) is 20.4. The number of amides is 1. The number of piperidine rings is 1. The number of carbonyl (C=O) groups excluding carboxylic acids is 1. The monoisotopic (exact) mass is 1410 g/mol. The summed E-state index contributed by atoms with van der Waals surface area (Å²) in [5.41, 5.74) is 5.47. The normalized spacial score (nSPS) is 19.9. The van der Waals surface area contributed by atoms with Crippen LogP contribution in [0.15, 0.2) is 133 Å². The summed E-state index contributed by atoms with van der Waals surface area (Å²) in [6.45, 7) is 21.3. The molecule has 534 valence electrons. The number of nitrogens with zero attached hydrogens (tertiary/aromatic N) is 11. The van der Waals surface area contributed by atoms with Crippen LogP contribution >= 0.6 is 27.0 Å². The standard InChI is InChI=1S/C49H62N6O5Si.C29H37N5O3.2H2S/c1-48(2,3)60-47(57)54-27-28-55(37(31-54)34-59-61(49(4,5)6,39-19-10-8-11-20-39)40-21-12-9-13-22-40)45-42-24-26-53(44-30-38(56)29-35-17-14-15-23-41(35)44)32-43(42)50-46(51-45)58-33-36-18-16-25-52(36)7;1-32-12-6-9-22(32)19-37-29-30-26-17-33(27-16-23(36)15-20-7-2-3-10-24(20)27)14-11-25(26)28(31-29)34-13-5-4-8-21(34)18-35;;/h8-15,17,19-23,29-30,36-37,56H,16,18,24-28,31-34H2,1-7H3;2-3,7,10,15-16,21-22,35-36H,4-6,8-9,11-14,17-19H2,1H3;2*1H2/t36-,37?;21?,22-;;/m00../s1. The summed E-state index contributed by atoms with van der Waals surface area (Å²) in [6.07, 6.45) is 8.90. The first-order valence-electron chi connectivity index (χ1n) is 35.6. The van der Waals surface area contributed by atoms with E-state index in [9.17, 15) is 20.1 Å². The van der Waals surface area contributed by atoms with E-state index < -0.39 is 13.9 Å². The van der Waals surface area contributed by atoms with Crippen LogP contribution in [0.5, 0.6) is 23.5 Å². The van der Waals surface area contributed by atoms with Crippen molar-refractivity contribution in [1.29, 1.82) is 0 Å². The molecule has 8 heterocycles. The largest absolute Gasteiger partial charge is 0.508 e. The second-order valence-corrected chi connectivity index (χ2v) is 34.0. The summed E-state index contributed by atoms with van der Waals surface area (Å²) >= 11 is 0. The van der Waals surface area contributed by atoms with Crippen molar-refractivity contribution in [2.45, 2.75) is 147 Å². The van der Waals surface area contributed by atoms with Crippen LogP contribution in [0.4, 0.5) is 27.8 Å². The number of phenolic OH excluding ortho intramolecular Hbond substituents is 2. The van der Waals surface area contributed by atoms with E-state index in [1.807, 2.05) is 86.3 Å².